The summed E-state index contributed by atoms with van der Waals surface area (Å²) in [4.78, 5) is 26.9. The van der Waals surface area contributed by atoms with E-state index in [-0.39, 0.29) is 30.3 Å². The van der Waals surface area contributed by atoms with Crippen LogP contribution in [-0.2, 0) is 20.9 Å². The number of nitrogens with zero attached hydrogens (tertiary/aromatic N) is 1. The van der Waals surface area contributed by atoms with Crippen molar-refractivity contribution in [2.24, 2.45) is 5.92 Å². The van der Waals surface area contributed by atoms with E-state index in [1.54, 1.807) is 4.90 Å². The molecule has 2 aromatic carbocycles. The maximum atomic E-state index is 12.7. The fourth-order valence-electron chi connectivity index (χ4n) is 3.89. The fourth-order valence-corrected chi connectivity index (χ4v) is 3.89. The molecule has 0 bridgehead atoms. The van der Waals surface area contributed by atoms with Crippen LogP contribution in [0.15, 0.2) is 48.5 Å². The van der Waals surface area contributed by atoms with Gasteiger partial charge in [0.1, 0.15) is 12.4 Å². The third-order valence-electron chi connectivity index (χ3n) is 5.64. The lowest BCUT2D eigenvalue weighted by Gasteiger charge is -2.17. The zero-order valence-electron chi connectivity index (χ0n) is 17.3. The second-order valence-electron chi connectivity index (χ2n) is 8.12. The molecule has 158 valence electrons. The van der Waals surface area contributed by atoms with E-state index in [9.17, 15) is 9.59 Å². The summed E-state index contributed by atoms with van der Waals surface area (Å²) in [6, 6.07) is 15.5. The topological polar surface area (TPSA) is 67.9 Å². The molecule has 6 heteroatoms. The van der Waals surface area contributed by atoms with E-state index in [1.165, 1.54) is 5.56 Å². The second-order valence-corrected chi connectivity index (χ2v) is 8.12. The minimum Gasteiger partial charge on any atom is -0.491 e. The van der Waals surface area contributed by atoms with Gasteiger partial charge in [0.05, 0.1) is 12.0 Å². The monoisotopic (exact) mass is 408 g/mol. The highest BCUT2D eigenvalue weighted by molar-refractivity contribution is 5.97. The van der Waals surface area contributed by atoms with Crippen LogP contribution in [0.5, 0.6) is 5.75 Å². The molecule has 0 radical (unpaired) electrons. The molecule has 2 fully saturated rings. The molecule has 2 atom stereocenters. The molecule has 0 aliphatic carbocycles. The summed E-state index contributed by atoms with van der Waals surface area (Å²) >= 11 is 0. The summed E-state index contributed by atoms with van der Waals surface area (Å²) in [5, 5.41) is 2.94. The molecular formula is C24H28N2O4. The number of hydrogen-bond donors (Lipinski definition) is 1. The second kappa shape index (κ2) is 9.30. The van der Waals surface area contributed by atoms with Crippen molar-refractivity contribution in [3.05, 3.63) is 59.7 Å². The summed E-state index contributed by atoms with van der Waals surface area (Å²) in [5.74, 6) is 0.238. The number of anilines is 1. The van der Waals surface area contributed by atoms with E-state index in [1.807, 2.05) is 55.5 Å². The van der Waals surface area contributed by atoms with E-state index >= 15 is 0 Å². The SMILES string of the molecule is Cc1ccc(CN2CC(C(=O)Nc3cccc(OCC4CCCO4)c3)CC2=O)cc1. The molecule has 0 spiro atoms. The predicted molar refractivity (Wildman–Crippen MR) is 114 cm³/mol. The first-order chi connectivity index (χ1) is 14.6. The van der Waals surface area contributed by atoms with Gasteiger partial charge in [0.25, 0.3) is 0 Å². The summed E-state index contributed by atoms with van der Waals surface area (Å²) in [6.45, 7) is 4.32. The lowest BCUT2D eigenvalue weighted by molar-refractivity contribution is -0.128. The summed E-state index contributed by atoms with van der Waals surface area (Å²) in [5.41, 5.74) is 2.94. The van der Waals surface area contributed by atoms with Crippen LogP contribution in [0.2, 0.25) is 0 Å². The first kappa shape index (κ1) is 20.4. The quantitative estimate of drug-likeness (QED) is 0.761. The van der Waals surface area contributed by atoms with Crippen molar-refractivity contribution in [2.75, 3.05) is 25.1 Å². The van der Waals surface area contributed by atoms with Gasteiger partial charge in [-0.05, 0) is 37.5 Å². The maximum absolute atomic E-state index is 12.7. The number of rotatable bonds is 7. The van der Waals surface area contributed by atoms with Crippen LogP contribution >= 0.6 is 0 Å². The van der Waals surface area contributed by atoms with Gasteiger partial charge < -0.3 is 19.7 Å². The summed E-state index contributed by atoms with van der Waals surface area (Å²) in [7, 11) is 0. The first-order valence-electron chi connectivity index (χ1n) is 10.6. The fraction of sp³-hybridized carbons (Fsp3) is 0.417. The number of aryl methyl sites for hydroxylation is 1. The number of likely N-dealkylation sites (tertiary alicyclic amines) is 1. The molecule has 2 aliphatic heterocycles. The molecule has 0 aromatic heterocycles. The Kier molecular flexibility index (Phi) is 6.33. The third kappa shape index (κ3) is 5.19. The lowest BCUT2D eigenvalue weighted by Crippen LogP contribution is -2.28. The highest BCUT2D eigenvalue weighted by Crippen LogP contribution is 2.24. The Morgan fingerprint density at radius 3 is 2.83 bits per heavy atom. The van der Waals surface area contributed by atoms with E-state index in [4.69, 9.17) is 9.47 Å². The van der Waals surface area contributed by atoms with Crippen LogP contribution < -0.4 is 10.1 Å². The van der Waals surface area contributed by atoms with Crippen molar-refractivity contribution >= 4 is 17.5 Å². The minimum absolute atomic E-state index is 0.0179. The van der Waals surface area contributed by atoms with Gasteiger partial charge in [-0.2, -0.15) is 0 Å². The van der Waals surface area contributed by atoms with E-state index < -0.39 is 0 Å². The normalized spacial score (nSPS) is 21.1. The van der Waals surface area contributed by atoms with Gasteiger partial charge in [-0.25, -0.2) is 0 Å². The Balaban J connectivity index is 1.30. The minimum atomic E-state index is -0.348. The average molecular weight is 408 g/mol. The molecule has 30 heavy (non-hydrogen) atoms. The Hall–Kier alpha value is -2.86. The van der Waals surface area contributed by atoms with Gasteiger partial charge in [0, 0.05) is 37.9 Å². The van der Waals surface area contributed by atoms with Crippen LogP contribution in [0.1, 0.15) is 30.4 Å². The molecule has 0 saturated carbocycles. The number of carbonyl (C=O) groups excluding carboxylic acids is 2. The maximum Gasteiger partial charge on any atom is 0.229 e. The van der Waals surface area contributed by atoms with Crippen molar-refractivity contribution < 1.29 is 19.1 Å². The number of benzene rings is 2. The molecule has 2 heterocycles. The third-order valence-corrected chi connectivity index (χ3v) is 5.64. The van der Waals surface area contributed by atoms with Crippen LogP contribution in [0, 0.1) is 12.8 Å². The number of hydrogen-bond acceptors (Lipinski definition) is 4. The summed E-state index contributed by atoms with van der Waals surface area (Å²) < 4.78 is 11.4. The van der Waals surface area contributed by atoms with Gasteiger partial charge in [0.15, 0.2) is 0 Å². The smallest absolute Gasteiger partial charge is 0.229 e. The largest absolute Gasteiger partial charge is 0.491 e. The molecule has 2 aliphatic rings. The molecule has 2 aromatic rings. The number of nitrogens with one attached hydrogen (secondary N) is 1. The molecule has 6 nitrogen and oxygen atoms in total. The van der Waals surface area contributed by atoms with Gasteiger partial charge in [-0.1, -0.05) is 35.9 Å². The summed E-state index contributed by atoms with van der Waals surface area (Å²) in [6.07, 6.45) is 2.48. The first-order valence-corrected chi connectivity index (χ1v) is 10.6. The number of carbonyl (C=O) groups is 2. The van der Waals surface area contributed by atoms with Crippen molar-refractivity contribution in [1.82, 2.24) is 4.90 Å². The zero-order chi connectivity index (χ0) is 20.9. The molecular weight excluding hydrogens is 380 g/mol. The molecule has 2 amide bonds. The zero-order valence-corrected chi connectivity index (χ0v) is 17.3. The van der Waals surface area contributed by atoms with Crippen molar-refractivity contribution in [2.45, 2.75) is 38.8 Å². The van der Waals surface area contributed by atoms with E-state index in [0.717, 1.165) is 25.0 Å². The standard InChI is InChI=1S/C24H28N2O4/c1-17-7-9-18(10-8-17)14-26-15-19(12-23(26)27)24(28)25-20-4-2-5-21(13-20)30-16-22-6-3-11-29-22/h2,4-5,7-10,13,19,22H,3,6,11-12,14-16H2,1H3,(H,25,28). The predicted octanol–water partition coefficient (Wildman–Crippen LogP) is 3.54. The number of amides is 2. The van der Waals surface area contributed by atoms with Crippen LogP contribution in [0.4, 0.5) is 5.69 Å². The van der Waals surface area contributed by atoms with Crippen LogP contribution in [0.3, 0.4) is 0 Å². The molecule has 1 N–H and O–H groups in total. The van der Waals surface area contributed by atoms with Crippen molar-refractivity contribution in [3.63, 3.8) is 0 Å². The number of ether oxygens (including phenoxy) is 2. The average Bonchev–Trinajstić information content (AvgIpc) is 3.39. The van der Waals surface area contributed by atoms with Gasteiger partial charge in [-0.3, -0.25) is 9.59 Å². The molecule has 4 rings (SSSR count). The Labute approximate surface area is 177 Å². The molecule has 2 saturated heterocycles. The van der Waals surface area contributed by atoms with Crippen molar-refractivity contribution in [3.8, 4) is 5.75 Å². The Morgan fingerprint density at radius 1 is 1.23 bits per heavy atom. The van der Waals surface area contributed by atoms with Gasteiger partial charge in [0.2, 0.25) is 11.8 Å². The van der Waals surface area contributed by atoms with Gasteiger partial charge in [-0.15, -0.1) is 0 Å². The van der Waals surface area contributed by atoms with Crippen molar-refractivity contribution in [1.29, 1.82) is 0 Å². The van der Waals surface area contributed by atoms with E-state index in [0.29, 0.717) is 31.1 Å². The lowest BCUT2D eigenvalue weighted by atomic mass is 10.1. The Morgan fingerprint density at radius 2 is 2.07 bits per heavy atom. The van der Waals surface area contributed by atoms with Crippen LogP contribution in [-0.4, -0.2) is 42.6 Å². The molecule has 2 unspecified atom stereocenters. The highest BCUT2D eigenvalue weighted by Gasteiger charge is 2.34. The van der Waals surface area contributed by atoms with Gasteiger partial charge >= 0.3 is 0 Å². The van der Waals surface area contributed by atoms with Crippen LogP contribution in [0.25, 0.3) is 0 Å². The highest BCUT2D eigenvalue weighted by atomic mass is 16.5. The Bertz CT molecular complexity index is 890. The van der Waals surface area contributed by atoms with E-state index in [2.05, 4.69) is 5.32 Å².